The van der Waals surface area contributed by atoms with Gasteiger partial charge in [-0.25, -0.2) is 9.37 Å². The molecule has 3 N–H and O–H groups in total. The number of halogens is 2. The Labute approximate surface area is 187 Å². The summed E-state index contributed by atoms with van der Waals surface area (Å²) < 4.78 is 19.3. The fourth-order valence-electron chi connectivity index (χ4n) is 2.64. The third kappa shape index (κ3) is 6.74. The Morgan fingerprint density at radius 3 is 2.59 bits per heavy atom. The number of H-pyrrole nitrogens is 1. The zero-order valence-corrected chi connectivity index (χ0v) is 18.7. The van der Waals surface area contributed by atoms with Crippen molar-refractivity contribution in [3.8, 4) is 17.0 Å². The highest BCUT2D eigenvalue weighted by molar-refractivity contribution is 14.0. The minimum Gasteiger partial charge on any atom is -0.486 e. The van der Waals surface area contributed by atoms with Crippen LogP contribution >= 0.6 is 24.0 Å². The molecule has 0 aliphatic carbocycles. The maximum atomic E-state index is 13.7. The number of para-hydroxylation sites is 1. The monoisotopic (exact) mass is 509 g/mol. The molecule has 29 heavy (non-hydrogen) atoms. The predicted octanol–water partition coefficient (Wildman–Crippen LogP) is 3.97. The minimum atomic E-state index is -0.371. The van der Waals surface area contributed by atoms with Crippen LogP contribution in [0.25, 0.3) is 11.3 Å². The van der Waals surface area contributed by atoms with Gasteiger partial charge >= 0.3 is 0 Å². The van der Waals surface area contributed by atoms with Crippen LogP contribution in [0.1, 0.15) is 12.7 Å². The van der Waals surface area contributed by atoms with Gasteiger partial charge in [-0.3, -0.25) is 4.99 Å². The third-order valence-electron chi connectivity index (χ3n) is 4.08. The van der Waals surface area contributed by atoms with E-state index in [0.29, 0.717) is 19.0 Å². The Kier molecular flexibility index (Phi) is 8.91. The highest BCUT2D eigenvalue weighted by atomic mass is 127. The molecule has 8 heteroatoms. The molecule has 6 nitrogen and oxygen atoms in total. The average molecular weight is 509 g/mol. The van der Waals surface area contributed by atoms with Gasteiger partial charge in [0.25, 0.3) is 0 Å². The van der Waals surface area contributed by atoms with Crippen LogP contribution in [0.3, 0.4) is 0 Å². The van der Waals surface area contributed by atoms with Gasteiger partial charge < -0.3 is 20.4 Å². The molecular formula is C21H25FIN5O. The number of nitrogens with zero attached hydrogens (tertiary/aromatic N) is 2. The zero-order chi connectivity index (χ0) is 19.8. The van der Waals surface area contributed by atoms with Crippen LogP contribution in [-0.2, 0) is 6.54 Å². The fourth-order valence-corrected chi connectivity index (χ4v) is 2.64. The summed E-state index contributed by atoms with van der Waals surface area (Å²) in [6.07, 6.45) is 1.58. The predicted molar refractivity (Wildman–Crippen MR) is 124 cm³/mol. The van der Waals surface area contributed by atoms with E-state index in [-0.39, 0.29) is 41.6 Å². The highest BCUT2D eigenvalue weighted by Gasteiger charge is 2.09. The van der Waals surface area contributed by atoms with Crippen LogP contribution in [-0.4, -0.2) is 35.6 Å². The molecule has 2 aromatic carbocycles. The molecule has 0 saturated heterocycles. The van der Waals surface area contributed by atoms with Gasteiger partial charge in [-0.15, -0.1) is 24.0 Å². The molecule has 0 amide bonds. The lowest BCUT2D eigenvalue weighted by molar-refractivity contribution is 0.214. The van der Waals surface area contributed by atoms with E-state index in [4.69, 9.17) is 4.74 Å². The van der Waals surface area contributed by atoms with Gasteiger partial charge in [-0.05, 0) is 24.6 Å². The van der Waals surface area contributed by atoms with Gasteiger partial charge in [0.15, 0.2) is 17.5 Å². The molecular weight excluding hydrogens is 484 g/mol. The summed E-state index contributed by atoms with van der Waals surface area (Å²) in [5.74, 6) is 1.28. The Morgan fingerprint density at radius 1 is 1.14 bits per heavy atom. The molecule has 0 saturated carbocycles. The third-order valence-corrected chi connectivity index (χ3v) is 4.08. The number of ether oxygens (including phenoxy) is 1. The maximum absolute atomic E-state index is 13.7. The fraction of sp³-hybridized carbons (Fsp3) is 0.238. The minimum absolute atomic E-state index is 0. The second kappa shape index (κ2) is 11.4. The Balaban J connectivity index is 0.00000300. The van der Waals surface area contributed by atoms with E-state index in [1.807, 2.05) is 43.5 Å². The number of aromatic nitrogens is 2. The normalized spacial score (nSPS) is 12.0. The molecule has 0 radical (unpaired) electrons. The Bertz CT molecular complexity index is 916. The summed E-state index contributed by atoms with van der Waals surface area (Å²) in [4.78, 5) is 11.9. The molecule has 1 atom stereocenters. The first-order valence-corrected chi connectivity index (χ1v) is 9.10. The van der Waals surface area contributed by atoms with Gasteiger partial charge in [0.05, 0.1) is 25.0 Å². The van der Waals surface area contributed by atoms with Crippen molar-refractivity contribution in [2.45, 2.75) is 19.6 Å². The van der Waals surface area contributed by atoms with E-state index < -0.39 is 0 Å². The van der Waals surface area contributed by atoms with Crippen molar-refractivity contribution in [1.82, 2.24) is 20.6 Å². The second-order valence-electron chi connectivity index (χ2n) is 6.28. The summed E-state index contributed by atoms with van der Waals surface area (Å²) in [7, 11) is 1.69. The lowest BCUT2D eigenvalue weighted by Gasteiger charge is -2.17. The molecule has 0 spiro atoms. The molecule has 0 bridgehead atoms. The molecule has 1 heterocycles. The summed E-state index contributed by atoms with van der Waals surface area (Å²) in [6.45, 7) is 2.84. The van der Waals surface area contributed by atoms with Crippen molar-refractivity contribution in [3.63, 3.8) is 0 Å². The Hall–Kier alpha value is -2.62. The van der Waals surface area contributed by atoms with Gasteiger partial charge in [0, 0.05) is 7.05 Å². The van der Waals surface area contributed by atoms with E-state index in [0.717, 1.165) is 17.1 Å². The van der Waals surface area contributed by atoms with Crippen molar-refractivity contribution >= 4 is 29.9 Å². The van der Waals surface area contributed by atoms with Crippen LogP contribution < -0.4 is 15.4 Å². The number of nitrogens with one attached hydrogen (secondary N) is 3. The van der Waals surface area contributed by atoms with Crippen molar-refractivity contribution in [1.29, 1.82) is 0 Å². The van der Waals surface area contributed by atoms with Crippen molar-refractivity contribution < 1.29 is 9.13 Å². The molecule has 154 valence electrons. The number of hydrogen-bond acceptors (Lipinski definition) is 3. The molecule has 1 aromatic heterocycles. The van der Waals surface area contributed by atoms with Gasteiger partial charge in [0.1, 0.15) is 11.9 Å². The van der Waals surface area contributed by atoms with Crippen molar-refractivity contribution in [3.05, 3.63) is 72.4 Å². The van der Waals surface area contributed by atoms with Gasteiger partial charge in [-0.2, -0.15) is 0 Å². The summed E-state index contributed by atoms with van der Waals surface area (Å²) in [5, 5.41) is 6.36. The van der Waals surface area contributed by atoms with Crippen LogP contribution in [0.2, 0.25) is 0 Å². The number of benzene rings is 2. The van der Waals surface area contributed by atoms with Gasteiger partial charge in [-0.1, -0.05) is 42.5 Å². The van der Waals surface area contributed by atoms with Gasteiger partial charge in [0.2, 0.25) is 0 Å². The number of guanidine groups is 1. The maximum Gasteiger partial charge on any atom is 0.191 e. The number of hydrogen-bond donors (Lipinski definition) is 3. The standard InChI is InChI=1S/C21H24FN5O.HI/c1-15(28-19-11-7-6-10-17(19)22)12-25-21(23-2)26-14-20-24-13-18(27-20)16-8-4-3-5-9-16;/h3-11,13,15H,12,14H2,1-2H3,(H,24,27)(H2,23,25,26);1H. The second-order valence-corrected chi connectivity index (χ2v) is 6.28. The molecule has 0 aliphatic rings. The first kappa shape index (κ1) is 22.7. The van der Waals surface area contributed by atoms with Crippen molar-refractivity contribution in [2.75, 3.05) is 13.6 Å². The molecule has 3 rings (SSSR count). The highest BCUT2D eigenvalue weighted by Crippen LogP contribution is 2.17. The lowest BCUT2D eigenvalue weighted by atomic mass is 10.2. The van der Waals surface area contributed by atoms with E-state index >= 15 is 0 Å². The molecule has 0 fully saturated rings. The van der Waals surface area contributed by atoms with E-state index in [9.17, 15) is 4.39 Å². The SMILES string of the molecule is CN=C(NCc1ncc(-c2ccccc2)[nH]1)NCC(C)Oc1ccccc1F.I. The number of aliphatic imine (C=N–C) groups is 1. The molecule has 3 aromatic rings. The van der Waals surface area contributed by atoms with E-state index in [1.165, 1.54) is 6.07 Å². The van der Waals surface area contributed by atoms with Crippen LogP contribution in [0, 0.1) is 5.82 Å². The number of aromatic amines is 1. The van der Waals surface area contributed by atoms with Crippen LogP contribution in [0.15, 0.2) is 65.8 Å². The van der Waals surface area contributed by atoms with Crippen LogP contribution in [0.4, 0.5) is 4.39 Å². The summed E-state index contributed by atoms with van der Waals surface area (Å²) in [5.41, 5.74) is 2.05. The van der Waals surface area contributed by atoms with Crippen LogP contribution in [0.5, 0.6) is 5.75 Å². The average Bonchev–Trinajstić information content (AvgIpc) is 3.20. The lowest BCUT2D eigenvalue weighted by Crippen LogP contribution is -2.41. The summed E-state index contributed by atoms with van der Waals surface area (Å²) in [6, 6.07) is 16.4. The molecule has 1 unspecified atom stereocenters. The number of imidazole rings is 1. The van der Waals surface area contributed by atoms with Crippen molar-refractivity contribution in [2.24, 2.45) is 4.99 Å². The topological polar surface area (TPSA) is 74.3 Å². The summed E-state index contributed by atoms with van der Waals surface area (Å²) >= 11 is 0. The smallest absolute Gasteiger partial charge is 0.191 e. The quantitative estimate of drug-likeness (QED) is 0.256. The number of rotatable bonds is 7. The molecule has 0 aliphatic heterocycles. The first-order chi connectivity index (χ1) is 13.7. The Morgan fingerprint density at radius 2 is 1.86 bits per heavy atom. The van der Waals surface area contributed by atoms with E-state index in [2.05, 4.69) is 25.6 Å². The van der Waals surface area contributed by atoms with E-state index in [1.54, 1.807) is 25.2 Å². The zero-order valence-electron chi connectivity index (χ0n) is 16.4. The first-order valence-electron chi connectivity index (χ1n) is 9.10. The largest absolute Gasteiger partial charge is 0.486 e.